The Morgan fingerprint density at radius 3 is 2.12 bits per heavy atom. The molecule has 8 nitrogen and oxygen atoms in total. The maximum atomic E-state index is 13.0. The number of hydrogen-bond acceptors (Lipinski definition) is 4. The number of aromatic nitrogens is 4. The zero-order valence-electron chi connectivity index (χ0n) is 19.7. The van der Waals surface area contributed by atoms with E-state index in [1.807, 2.05) is 52.0 Å². The third-order valence-electron chi connectivity index (χ3n) is 5.38. The van der Waals surface area contributed by atoms with Crippen LogP contribution in [-0.2, 0) is 19.3 Å². The van der Waals surface area contributed by atoms with E-state index in [1.54, 1.807) is 6.07 Å². The average molecular weight is 437 g/mol. The standard InChI is InChI=1S/C24H32N6O2/c1-7-17-13-20(9-3)30(28-17)24(32)26-22-14-18(10-11-21(22)15(4)5)25-23(31)29-19(8-2)12-16(6)27-29/h10-15H,7-9H2,1-6H3,(H,25,31)(H,26,32). The van der Waals surface area contributed by atoms with Crippen LogP contribution in [0.2, 0.25) is 0 Å². The van der Waals surface area contributed by atoms with Gasteiger partial charge in [-0.15, -0.1) is 0 Å². The van der Waals surface area contributed by atoms with Gasteiger partial charge >= 0.3 is 12.1 Å². The third kappa shape index (κ3) is 4.90. The van der Waals surface area contributed by atoms with E-state index >= 15 is 0 Å². The summed E-state index contributed by atoms with van der Waals surface area (Å²) >= 11 is 0. The number of hydrogen-bond donors (Lipinski definition) is 2. The summed E-state index contributed by atoms with van der Waals surface area (Å²) in [6.45, 7) is 12.0. The Bertz CT molecular complexity index is 1130. The van der Waals surface area contributed by atoms with Gasteiger partial charge in [0.25, 0.3) is 0 Å². The molecule has 3 rings (SSSR count). The average Bonchev–Trinajstić information content (AvgIpc) is 3.36. The molecular formula is C24H32N6O2. The summed E-state index contributed by atoms with van der Waals surface area (Å²) in [6.07, 6.45) is 2.17. The summed E-state index contributed by atoms with van der Waals surface area (Å²) in [6, 6.07) is 8.74. The summed E-state index contributed by atoms with van der Waals surface area (Å²) in [7, 11) is 0. The minimum Gasteiger partial charge on any atom is -0.306 e. The lowest BCUT2D eigenvalue weighted by molar-refractivity contribution is 0.249. The molecule has 2 heterocycles. The van der Waals surface area contributed by atoms with Crippen LogP contribution in [-0.4, -0.2) is 31.6 Å². The first kappa shape index (κ1) is 23.2. The zero-order chi connectivity index (χ0) is 23.4. The smallest absolute Gasteiger partial charge is 0.306 e. The van der Waals surface area contributed by atoms with E-state index in [0.29, 0.717) is 24.2 Å². The number of benzene rings is 1. The maximum absolute atomic E-state index is 13.0. The highest BCUT2D eigenvalue weighted by atomic mass is 16.2. The summed E-state index contributed by atoms with van der Waals surface area (Å²) in [5.41, 5.74) is 5.56. The lowest BCUT2D eigenvalue weighted by Crippen LogP contribution is -2.24. The predicted octanol–water partition coefficient (Wildman–Crippen LogP) is 5.36. The van der Waals surface area contributed by atoms with Crippen LogP contribution in [0.1, 0.15) is 68.9 Å². The minimum atomic E-state index is -0.336. The van der Waals surface area contributed by atoms with E-state index in [-0.39, 0.29) is 18.0 Å². The van der Waals surface area contributed by atoms with Crippen LogP contribution < -0.4 is 10.6 Å². The zero-order valence-corrected chi connectivity index (χ0v) is 19.7. The number of anilines is 2. The molecule has 0 saturated heterocycles. The highest BCUT2D eigenvalue weighted by molar-refractivity contribution is 5.95. The molecule has 2 aromatic heterocycles. The number of nitrogens with zero attached hydrogens (tertiary/aromatic N) is 4. The lowest BCUT2D eigenvalue weighted by Gasteiger charge is -2.16. The van der Waals surface area contributed by atoms with Gasteiger partial charge in [0, 0.05) is 22.8 Å². The SMILES string of the molecule is CCc1cc(CC)n(C(=O)Nc2cc(NC(=O)n3nc(C)cc3CC)ccc2C(C)C)n1. The van der Waals surface area contributed by atoms with Gasteiger partial charge in [-0.2, -0.15) is 19.6 Å². The fourth-order valence-corrected chi connectivity index (χ4v) is 3.65. The molecule has 170 valence electrons. The first-order chi connectivity index (χ1) is 15.3. The van der Waals surface area contributed by atoms with E-state index < -0.39 is 0 Å². The van der Waals surface area contributed by atoms with E-state index in [9.17, 15) is 9.59 Å². The van der Waals surface area contributed by atoms with Gasteiger partial charge in [-0.25, -0.2) is 9.59 Å². The third-order valence-corrected chi connectivity index (χ3v) is 5.38. The second-order valence-corrected chi connectivity index (χ2v) is 8.11. The fraction of sp³-hybridized carbons (Fsp3) is 0.417. The molecule has 0 bridgehead atoms. The van der Waals surface area contributed by atoms with Gasteiger partial charge in [0.15, 0.2) is 0 Å². The van der Waals surface area contributed by atoms with Gasteiger partial charge in [-0.3, -0.25) is 0 Å². The van der Waals surface area contributed by atoms with Crippen molar-refractivity contribution in [3.63, 3.8) is 0 Å². The highest BCUT2D eigenvalue weighted by Crippen LogP contribution is 2.28. The number of carbonyl (C=O) groups excluding carboxylic acids is 2. The molecule has 3 aromatic rings. The monoisotopic (exact) mass is 436 g/mol. The van der Waals surface area contributed by atoms with Crippen LogP contribution in [0.5, 0.6) is 0 Å². The molecular weight excluding hydrogens is 404 g/mol. The number of rotatable bonds is 6. The molecule has 0 aliphatic heterocycles. The van der Waals surface area contributed by atoms with Crippen molar-refractivity contribution in [2.24, 2.45) is 0 Å². The number of aryl methyl sites for hydroxylation is 4. The Morgan fingerprint density at radius 1 is 0.875 bits per heavy atom. The number of carbonyl (C=O) groups is 2. The molecule has 1 aromatic carbocycles. The first-order valence-corrected chi connectivity index (χ1v) is 11.2. The molecule has 0 unspecified atom stereocenters. The maximum Gasteiger partial charge on any atom is 0.346 e. The van der Waals surface area contributed by atoms with Crippen LogP contribution in [0, 0.1) is 6.92 Å². The highest BCUT2D eigenvalue weighted by Gasteiger charge is 2.17. The largest absolute Gasteiger partial charge is 0.346 e. The van der Waals surface area contributed by atoms with Crippen molar-refractivity contribution in [1.29, 1.82) is 0 Å². The van der Waals surface area contributed by atoms with Crippen molar-refractivity contribution in [3.8, 4) is 0 Å². The summed E-state index contributed by atoms with van der Waals surface area (Å²) in [5, 5.41) is 14.6. The van der Waals surface area contributed by atoms with Crippen LogP contribution in [0.4, 0.5) is 21.0 Å². The van der Waals surface area contributed by atoms with Crippen molar-refractivity contribution in [2.75, 3.05) is 10.6 Å². The normalized spacial score (nSPS) is 11.1. The topological polar surface area (TPSA) is 93.8 Å². The number of nitrogens with one attached hydrogen (secondary N) is 2. The second-order valence-electron chi connectivity index (χ2n) is 8.11. The van der Waals surface area contributed by atoms with Gasteiger partial charge in [0.1, 0.15) is 0 Å². The van der Waals surface area contributed by atoms with Gasteiger partial charge in [0.2, 0.25) is 0 Å². The Hall–Kier alpha value is -3.42. The molecule has 0 saturated carbocycles. The van der Waals surface area contributed by atoms with Crippen LogP contribution in [0.15, 0.2) is 30.3 Å². The van der Waals surface area contributed by atoms with Crippen molar-refractivity contribution < 1.29 is 9.59 Å². The Balaban J connectivity index is 1.88. The van der Waals surface area contributed by atoms with Gasteiger partial charge in [0.05, 0.1) is 11.4 Å². The van der Waals surface area contributed by atoms with Gasteiger partial charge in [-0.1, -0.05) is 40.7 Å². The fourth-order valence-electron chi connectivity index (χ4n) is 3.65. The van der Waals surface area contributed by atoms with E-state index in [4.69, 9.17) is 0 Å². The van der Waals surface area contributed by atoms with Gasteiger partial charge in [-0.05, 0) is 61.9 Å². The second kappa shape index (κ2) is 9.80. The summed E-state index contributed by atoms with van der Waals surface area (Å²) in [4.78, 5) is 25.8. The molecule has 0 fully saturated rings. The molecule has 8 heteroatoms. The van der Waals surface area contributed by atoms with Crippen LogP contribution >= 0.6 is 0 Å². The van der Waals surface area contributed by atoms with Crippen molar-refractivity contribution in [3.05, 3.63) is 58.7 Å². The van der Waals surface area contributed by atoms with Crippen molar-refractivity contribution in [1.82, 2.24) is 19.6 Å². The Labute approximate surface area is 189 Å². The molecule has 2 amide bonds. The quantitative estimate of drug-likeness (QED) is 0.544. The molecule has 0 aliphatic carbocycles. The Kier molecular flexibility index (Phi) is 7.12. The van der Waals surface area contributed by atoms with E-state index in [2.05, 4.69) is 34.7 Å². The molecule has 0 aliphatic rings. The molecule has 0 atom stereocenters. The Morgan fingerprint density at radius 2 is 1.50 bits per heavy atom. The van der Waals surface area contributed by atoms with Crippen molar-refractivity contribution in [2.45, 2.75) is 66.7 Å². The van der Waals surface area contributed by atoms with Crippen LogP contribution in [0.25, 0.3) is 0 Å². The number of amides is 2. The summed E-state index contributed by atoms with van der Waals surface area (Å²) < 4.78 is 2.81. The molecule has 0 radical (unpaired) electrons. The van der Waals surface area contributed by atoms with Crippen LogP contribution in [0.3, 0.4) is 0 Å². The van der Waals surface area contributed by atoms with E-state index in [1.165, 1.54) is 9.36 Å². The predicted molar refractivity (Wildman–Crippen MR) is 127 cm³/mol. The lowest BCUT2D eigenvalue weighted by atomic mass is 10.0. The summed E-state index contributed by atoms with van der Waals surface area (Å²) in [5.74, 6) is 0.185. The molecule has 32 heavy (non-hydrogen) atoms. The molecule has 0 spiro atoms. The van der Waals surface area contributed by atoms with Gasteiger partial charge < -0.3 is 10.6 Å². The minimum absolute atomic E-state index is 0.185. The first-order valence-electron chi connectivity index (χ1n) is 11.2. The van der Waals surface area contributed by atoms with Crippen molar-refractivity contribution >= 4 is 23.4 Å². The molecule has 2 N–H and O–H groups in total. The van der Waals surface area contributed by atoms with E-state index in [0.717, 1.165) is 34.8 Å².